The second kappa shape index (κ2) is 8.80. The van der Waals surface area contributed by atoms with Gasteiger partial charge in [0.25, 0.3) is 5.91 Å². The van der Waals surface area contributed by atoms with Gasteiger partial charge in [-0.05, 0) is 41.8 Å². The van der Waals surface area contributed by atoms with Gasteiger partial charge in [-0.15, -0.1) is 0 Å². The molecule has 0 fully saturated rings. The quantitative estimate of drug-likeness (QED) is 0.674. The summed E-state index contributed by atoms with van der Waals surface area (Å²) in [4.78, 5) is 20.9. The van der Waals surface area contributed by atoms with Crippen LogP contribution < -0.4 is 15.4 Å². The third-order valence-electron chi connectivity index (χ3n) is 4.20. The van der Waals surface area contributed by atoms with E-state index in [2.05, 4.69) is 33.6 Å². The molecule has 1 aromatic heterocycles. The molecule has 3 aromatic rings. The molecule has 0 saturated heterocycles. The number of hydrogen-bond donors (Lipinski definition) is 2. The molecule has 0 aliphatic heterocycles. The van der Waals surface area contributed by atoms with Gasteiger partial charge in [0.05, 0.1) is 7.11 Å². The summed E-state index contributed by atoms with van der Waals surface area (Å²) in [5, 5.41) is 6.03. The number of hydrogen-bond acceptors (Lipinski definition) is 5. The summed E-state index contributed by atoms with van der Waals surface area (Å²) in [5.74, 6) is 0.966. The highest BCUT2D eigenvalue weighted by Gasteiger charge is 2.09. The van der Waals surface area contributed by atoms with Gasteiger partial charge in [0.15, 0.2) is 0 Å². The minimum absolute atomic E-state index is 0.243. The molecule has 0 atom stereocenters. The summed E-state index contributed by atoms with van der Waals surface area (Å²) < 4.78 is 5.13. The molecule has 6 heteroatoms. The van der Waals surface area contributed by atoms with Crippen molar-refractivity contribution in [2.24, 2.45) is 0 Å². The largest absolute Gasteiger partial charge is 0.497 e. The first kappa shape index (κ1) is 18.4. The van der Waals surface area contributed by atoms with Crippen molar-refractivity contribution >= 4 is 11.9 Å². The van der Waals surface area contributed by atoms with Crippen molar-refractivity contribution in [3.05, 3.63) is 83.2 Å². The Kier molecular flexibility index (Phi) is 5.99. The Balaban J connectivity index is 1.58. The highest BCUT2D eigenvalue weighted by Crippen LogP contribution is 2.12. The molecule has 0 aliphatic rings. The number of methoxy groups -OCH3 is 1. The molecule has 2 aromatic carbocycles. The Morgan fingerprint density at radius 1 is 1.04 bits per heavy atom. The molecule has 0 unspecified atom stereocenters. The zero-order chi connectivity index (χ0) is 19.1. The number of rotatable bonds is 7. The molecule has 138 valence electrons. The fourth-order valence-corrected chi connectivity index (χ4v) is 2.57. The van der Waals surface area contributed by atoms with E-state index in [9.17, 15) is 4.79 Å². The maximum Gasteiger partial charge on any atom is 0.270 e. The fraction of sp³-hybridized carbons (Fsp3) is 0.190. The Labute approximate surface area is 158 Å². The average molecular weight is 362 g/mol. The van der Waals surface area contributed by atoms with E-state index in [1.807, 2.05) is 42.5 Å². The lowest BCUT2D eigenvalue weighted by atomic mass is 10.1. The molecule has 0 bridgehead atoms. The maximum atomic E-state index is 12.4. The third kappa shape index (κ3) is 5.04. The van der Waals surface area contributed by atoms with Crippen LogP contribution in [0.25, 0.3) is 0 Å². The van der Waals surface area contributed by atoms with Gasteiger partial charge in [0.1, 0.15) is 11.4 Å². The first-order valence-electron chi connectivity index (χ1n) is 8.68. The van der Waals surface area contributed by atoms with Crippen LogP contribution >= 0.6 is 0 Å². The van der Waals surface area contributed by atoms with Crippen LogP contribution in [0.15, 0.2) is 60.8 Å². The summed E-state index contributed by atoms with van der Waals surface area (Å²) in [6.07, 6.45) is 1.58. The number of ether oxygens (including phenoxy) is 1. The minimum atomic E-state index is -0.243. The average Bonchev–Trinajstić information content (AvgIpc) is 2.72. The number of carbonyl (C=O) groups is 1. The number of anilines is 1. The number of aryl methyl sites for hydroxylation is 1. The van der Waals surface area contributed by atoms with Crippen LogP contribution in [0.5, 0.6) is 5.75 Å². The Morgan fingerprint density at radius 2 is 1.81 bits per heavy atom. The Morgan fingerprint density at radius 3 is 2.56 bits per heavy atom. The van der Waals surface area contributed by atoms with E-state index in [-0.39, 0.29) is 5.91 Å². The molecule has 6 nitrogen and oxygen atoms in total. The van der Waals surface area contributed by atoms with Gasteiger partial charge >= 0.3 is 0 Å². The smallest absolute Gasteiger partial charge is 0.270 e. The first-order valence-corrected chi connectivity index (χ1v) is 8.68. The van der Waals surface area contributed by atoms with Gasteiger partial charge in [0.2, 0.25) is 5.95 Å². The Bertz CT molecular complexity index is 910. The lowest BCUT2D eigenvalue weighted by Gasteiger charge is -2.09. The third-order valence-corrected chi connectivity index (χ3v) is 4.20. The van der Waals surface area contributed by atoms with Crippen molar-refractivity contribution in [3.63, 3.8) is 0 Å². The van der Waals surface area contributed by atoms with Crippen LogP contribution in [-0.2, 0) is 13.1 Å². The first-order chi connectivity index (χ1) is 13.2. The number of nitrogens with one attached hydrogen (secondary N) is 2. The van der Waals surface area contributed by atoms with Crippen LogP contribution in [0.4, 0.5) is 5.95 Å². The van der Waals surface area contributed by atoms with Gasteiger partial charge in [0, 0.05) is 19.3 Å². The van der Waals surface area contributed by atoms with Crippen LogP contribution in [0.1, 0.15) is 27.2 Å². The molecule has 0 radical (unpaired) electrons. The van der Waals surface area contributed by atoms with Gasteiger partial charge < -0.3 is 15.4 Å². The normalized spacial score (nSPS) is 10.3. The summed E-state index contributed by atoms with van der Waals surface area (Å²) >= 11 is 0. The van der Waals surface area contributed by atoms with Gasteiger partial charge in [-0.25, -0.2) is 9.97 Å². The molecule has 1 amide bonds. The molecular formula is C21H22N4O2. The molecule has 0 saturated carbocycles. The van der Waals surface area contributed by atoms with E-state index in [1.54, 1.807) is 19.4 Å². The van der Waals surface area contributed by atoms with E-state index in [1.165, 1.54) is 5.56 Å². The number of aromatic nitrogens is 2. The second-order valence-electron chi connectivity index (χ2n) is 6.08. The van der Waals surface area contributed by atoms with E-state index < -0.39 is 0 Å². The van der Waals surface area contributed by atoms with Crippen molar-refractivity contribution in [2.75, 3.05) is 12.4 Å². The second-order valence-corrected chi connectivity index (χ2v) is 6.08. The summed E-state index contributed by atoms with van der Waals surface area (Å²) in [7, 11) is 1.62. The van der Waals surface area contributed by atoms with E-state index >= 15 is 0 Å². The van der Waals surface area contributed by atoms with E-state index in [0.29, 0.717) is 24.7 Å². The Hall–Kier alpha value is -3.41. The lowest BCUT2D eigenvalue weighted by Crippen LogP contribution is -2.24. The minimum Gasteiger partial charge on any atom is -0.497 e. The lowest BCUT2D eigenvalue weighted by molar-refractivity contribution is 0.0946. The fourth-order valence-electron chi connectivity index (χ4n) is 2.57. The zero-order valence-electron chi connectivity index (χ0n) is 15.4. The molecule has 1 heterocycles. The molecule has 2 N–H and O–H groups in total. The van der Waals surface area contributed by atoms with Gasteiger partial charge in [-0.1, -0.05) is 36.4 Å². The van der Waals surface area contributed by atoms with Crippen LogP contribution in [0.2, 0.25) is 0 Å². The SMILES string of the molecule is COc1ccc(CNC(=O)c2ccnc(NCc3ccccc3C)n2)cc1. The van der Waals surface area contributed by atoms with Crippen molar-refractivity contribution in [3.8, 4) is 5.75 Å². The molecular weight excluding hydrogens is 340 g/mol. The van der Waals surface area contributed by atoms with Crippen LogP contribution in [0.3, 0.4) is 0 Å². The summed E-state index contributed by atoms with van der Waals surface area (Å²) in [5.41, 5.74) is 3.66. The van der Waals surface area contributed by atoms with Gasteiger partial charge in [-0.2, -0.15) is 0 Å². The molecule has 0 aliphatic carbocycles. The van der Waals surface area contributed by atoms with Crippen molar-refractivity contribution in [2.45, 2.75) is 20.0 Å². The van der Waals surface area contributed by atoms with Crippen LogP contribution in [0, 0.1) is 6.92 Å². The van der Waals surface area contributed by atoms with Gasteiger partial charge in [-0.3, -0.25) is 4.79 Å². The number of benzene rings is 2. The highest BCUT2D eigenvalue weighted by molar-refractivity contribution is 5.92. The number of carbonyl (C=O) groups excluding carboxylic acids is 1. The summed E-state index contributed by atoms with van der Waals surface area (Å²) in [6.45, 7) is 3.07. The van der Waals surface area contributed by atoms with Crippen LogP contribution in [-0.4, -0.2) is 23.0 Å². The predicted octanol–water partition coefficient (Wildman–Crippen LogP) is 3.34. The standard InChI is InChI=1S/C21H22N4O2/c1-15-5-3-4-6-17(15)14-24-21-22-12-11-19(25-21)20(26)23-13-16-7-9-18(27-2)10-8-16/h3-12H,13-14H2,1-2H3,(H,23,26)(H,22,24,25). The van der Waals surface area contributed by atoms with Crippen molar-refractivity contribution in [1.82, 2.24) is 15.3 Å². The topological polar surface area (TPSA) is 76.1 Å². The maximum absolute atomic E-state index is 12.4. The highest BCUT2D eigenvalue weighted by atomic mass is 16.5. The van der Waals surface area contributed by atoms with E-state index in [0.717, 1.165) is 16.9 Å². The molecule has 0 spiro atoms. The van der Waals surface area contributed by atoms with E-state index in [4.69, 9.17) is 4.74 Å². The number of nitrogens with zero attached hydrogens (tertiary/aromatic N) is 2. The number of amides is 1. The summed E-state index contributed by atoms with van der Waals surface area (Å²) in [6, 6.07) is 17.2. The molecule has 3 rings (SSSR count). The van der Waals surface area contributed by atoms with Crippen molar-refractivity contribution < 1.29 is 9.53 Å². The van der Waals surface area contributed by atoms with Crippen molar-refractivity contribution in [1.29, 1.82) is 0 Å². The zero-order valence-corrected chi connectivity index (χ0v) is 15.4. The predicted molar refractivity (Wildman–Crippen MR) is 105 cm³/mol. The monoisotopic (exact) mass is 362 g/mol. The molecule has 27 heavy (non-hydrogen) atoms.